The van der Waals surface area contributed by atoms with Gasteiger partial charge in [-0.3, -0.25) is 4.79 Å². The Kier molecular flexibility index (Phi) is 30.2. The van der Waals surface area contributed by atoms with Gasteiger partial charge in [0.25, 0.3) is 0 Å². The number of unbranched alkanes of at least 4 members (excludes halogenated alkanes) is 24. The van der Waals surface area contributed by atoms with Crippen molar-refractivity contribution in [2.75, 3.05) is 27.2 Å². The zero-order chi connectivity index (χ0) is 26.4. The number of nitrogens with zero attached hydrogens (tertiary/aromatic N) is 1. The van der Waals surface area contributed by atoms with Gasteiger partial charge in [0.15, 0.2) is 0 Å². The Morgan fingerprint density at radius 2 is 0.778 bits per heavy atom. The lowest BCUT2D eigenvalue weighted by Gasteiger charge is -2.09. The third kappa shape index (κ3) is 31.5. The molecule has 0 spiro atoms. The first-order chi connectivity index (χ1) is 17.7. The van der Waals surface area contributed by atoms with E-state index in [-0.39, 0.29) is 5.91 Å². The van der Waals surface area contributed by atoms with E-state index >= 15 is 0 Å². The van der Waals surface area contributed by atoms with E-state index in [4.69, 9.17) is 0 Å². The van der Waals surface area contributed by atoms with Gasteiger partial charge >= 0.3 is 0 Å². The molecule has 0 saturated carbocycles. The summed E-state index contributed by atoms with van der Waals surface area (Å²) >= 11 is 0. The van der Waals surface area contributed by atoms with Crippen molar-refractivity contribution in [1.82, 2.24) is 10.2 Å². The molecule has 216 valence electrons. The highest BCUT2D eigenvalue weighted by Gasteiger charge is 2.01. The van der Waals surface area contributed by atoms with Crippen LogP contribution < -0.4 is 5.32 Å². The zero-order valence-corrected chi connectivity index (χ0v) is 25.4. The molecule has 0 aromatic carbocycles. The molecule has 0 aromatic rings. The van der Waals surface area contributed by atoms with Crippen LogP contribution in [0.15, 0.2) is 0 Å². The van der Waals surface area contributed by atoms with Gasteiger partial charge in [0, 0.05) is 13.0 Å². The van der Waals surface area contributed by atoms with Crippen molar-refractivity contribution in [3.8, 4) is 0 Å². The highest BCUT2D eigenvalue weighted by Crippen LogP contribution is 2.16. The molecule has 0 heterocycles. The number of amides is 1. The number of carbonyl (C=O) groups excluding carboxylic acids is 1. The molecule has 0 fully saturated rings. The SMILES string of the molecule is CCCCCCCCCCCCCCCCCCCCCCCCCCCC(=O)NCCCN(C)C. The smallest absolute Gasteiger partial charge is 0.219 e. The highest BCUT2D eigenvalue weighted by molar-refractivity contribution is 5.75. The average Bonchev–Trinajstić information content (AvgIpc) is 2.86. The minimum atomic E-state index is 0.239. The minimum absolute atomic E-state index is 0.239. The van der Waals surface area contributed by atoms with Crippen LogP contribution in [0.1, 0.15) is 180 Å². The Labute approximate surface area is 228 Å². The second kappa shape index (κ2) is 30.7. The maximum Gasteiger partial charge on any atom is 0.219 e. The average molecular weight is 509 g/mol. The monoisotopic (exact) mass is 509 g/mol. The fraction of sp³-hybridized carbons (Fsp3) is 0.970. The van der Waals surface area contributed by atoms with Crippen molar-refractivity contribution in [2.24, 2.45) is 0 Å². The summed E-state index contributed by atoms with van der Waals surface area (Å²) in [5.41, 5.74) is 0. The molecular weight excluding hydrogens is 440 g/mol. The molecule has 36 heavy (non-hydrogen) atoms. The summed E-state index contributed by atoms with van der Waals surface area (Å²) in [4.78, 5) is 14.0. The van der Waals surface area contributed by atoms with Crippen LogP contribution in [0.3, 0.4) is 0 Å². The van der Waals surface area contributed by atoms with Crippen molar-refractivity contribution >= 4 is 5.91 Å². The van der Waals surface area contributed by atoms with Crippen LogP contribution in [0, 0.1) is 0 Å². The summed E-state index contributed by atoms with van der Waals surface area (Å²) in [7, 11) is 4.15. The van der Waals surface area contributed by atoms with E-state index in [0.717, 1.165) is 25.9 Å². The normalized spacial score (nSPS) is 11.4. The standard InChI is InChI=1S/C33H68N2O/c1-4-5-6-7-8-9-10-11-12-13-14-15-16-17-18-19-20-21-22-23-24-25-26-27-28-30-33(36)34-31-29-32-35(2)3/h4-32H2,1-3H3,(H,34,36). The lowest BCUT2D eigenvalue weighted by molar-refractivity contribution is -0.121. The third-order valence-electron chi connectivity index (χ3n) is 7.61. The Bertz CT molecular complexity index is 424. The van der Waals surface area contributed by atoms with Crippen molar-refractivity contribution in [3.63, 3.8) is 0 Å². The van der Waals surface area contributed by atoms with Crippen molar-refractivity contribution < 1.29 is 4.79 Å². The third-order valence-corrected chi connectivity index (χ3v) is 7.61. The summed E-state index contributed by atoms with van der Waals surface area (Å²) < 4.78 is 0. The second-order valence-electron chi connectivity index (χ2n) is 11.7. The predicted molar refractivity (Wildman–Crippen MR) is 162 cm³/mol. The fourth-order valence-corrected chi connectivity index (χ4v) is 5.14. The molecule has 0 aromatic heterocycles. The van der Waals surface area contributed by atoms with Crippen molar-refractivity contribution in [3.05, 3.63) is 0 Å². The molecule has 0 bridgehead atoms. The van der Waals surface area contributed by atoms with Crippen LogP contribution in [-0.2, 0) is 4.79 Å². The summed E-state index contributed by atoms with van der Waals surface area (Å²) in [6.45, 7) is 4.16. The molecule has 3 heteroatoms. The molecule has 0 radical (unpaired) electrons. The summed E-state index contributed by atoms with van der Waals surface area (Å²) in [5.74, 6) is 0.239. The van der Waals surface area contributed by atoms with Crippen LogP contribution in [0.4, 0.5) is 0 Å². The van der Waals surface area contributed by atoms with E-state index in [1.807, 2.05) is 0 Å². The van der Waals surface area contributed by atoms with Gasteiger partial charge in [0.2, 0.25) is 5.91 Å². The maximum absolute atomic E-state index is 11.8. The number of carbonyl (C=O) groups is 1. The first-order valence-electron chi connectivity index (χ1n) is 16.6. The molecule has 3 nitrogen and oxygen atoms in total. The minimum Gasteiger partial charge on any atom is -0.356 e. The molecule has 0 aliphatic carbocycles. The quantitative estimate of drug-likeness (QED) is 0.0978. The van der Waals surface area contributed by atoms with E-state index in [9.17, 15) is 4.79 Å². The van der Waals surface area contributed by atoms with Crippen LogP contribution in [-0.4, -0.2) is 38.0 Å². The first-order valence-corrected chi connectivity index (χ1v) is 16.6. The summed E-state index contributed by atoms with van der Waals surface area (Å²) in [6, 6.07) is 0. The van der Waals surface area contributed by atoms with Gasteiger partial charge in [-0.15, -0.1) is 0 Å². The van der Waals surface area contributed by atoms with Gasteiger partial charge in [-0.1, -0.05) is 161 Å². The Hall–Kier alpha value is -0.570. The van der Waals surface area contributed by atoms with Gasteiger partial charge < -0.3 is 10.2 Å². The molecule has 0 aliphatic rings. The number of hydrogen-bond donors (Lipinski definition) is 1. The summed E-state index contributed by atoms with van der Waals surface area (Å²) in [6.07, 6.45) is 37.1. The first kappa shape index (κ1) is 35.4. The molecular formula is C33H68N2O. The number of rotatable bonds is 30. The van der Waals surface area contributed by atoms with Gasteiger partial charge in [-0.25, -0.2) is 0 Å². The van der Waals surface area contributed by atoms with Crippen molar-refractivity contribution in [1.29, 1.82) is 0 Å². The fourth-order valence-electron chi connectivity index (χ4n) is 5.14. The van der Waals surface area contributed by atoms with Gasteiger partial charge in [-0.05, 0) is 33.5 Å². The van der Waals surface area contributed by atoms with E-state index < -0.39 is 0 Å². The molecule has 0 saturated heterocycles. The molecule has 0 unspecified atom stereocenters. The molecule has 0 rings (SSSR count). The van der Waals surface area contributed by atoms with Crippen LogP contribution in [0.5, 0.6) is 0 Å². The lowest BCUT2D eigenvalue weighted by Crippen LogP contribution is -2.26. The van der Waals surface area contributed by atoms with Gasteiger partial charge in [-0.2, -0.15) is 0 Å². The molecule has 0 aliphatic heterocycles. The van der Waals surface area contributed by atoms with Crippen LogP contribution in [0.25, 0.3) is 0 Å². The molecule has 0 atom stereocenters. The number of hydrogen-bond acceptors (Lipinski definition) is 2. The zero-order valence-electron chi connectivity index (χ0n) is 25.4. The Morgan fingerprint density at radius 3 is 1.08 bits per heavy atom. The topological polar surface area (TPSA) is 32.3 Å². The van der Waals surface area contributed by atoms with E-state index in [2.05, 4.69) is 31.2 Å². The Balaban J connectivity index is 3.09. The van der Waals surface area contributed by atoms with Crippen molar-refractivity contribution in [2.45, 2.75) is 180 Å². The lowest BCUT2D eigenvalue weighted by atomic mass is 10.0. The largest absolute Gasteiger partial charge is 0.356 e. The maximum atomic E-state index is 11.8. The summed E-state index contributed by atoms with van der Waals surface area (Å²) in [5, 5.41) is 3.04. The van der Waals surface area contributed by atoms with E-state index in [0.29, 0.717) is 6.42 Å². The van der Waals surface area contributed by atoms with Gasteiger partial charge in [0.05, 0.1) is 0 Å². The number of nitrogens with one attached hydrogen (secondary N) is 1. The van der Waals surface area contributed by atoms with E-state index in [1.54, 1.807) is 0 Å². The predicted octanol–water partition coefficient (Wildman–Crippen LogP) is 10.2. The Morgan fingerprint density at radius 1 is 0.472 bits per heavy atom. The highest BCUT2D eigenvalue weighted by atomic mass is 16.1. The molecule has 1 N–H and O–H groups in total. The molecule has 1 amide bonds. The van der Waals surface area contributed by atoms with E-state index in [1.165, 1.54) is 154 Å². The van der Waals surface area contributed by atoms with Gasteiger partial charge in [0.1, 0.15) is 0 Å². The van der Waals surface area contributed by atoms with Crippen LogP contribution in [0.2, 0.25) is 0 Å². The second-order valence-corrected chi connectivity index (χ2v) is 11.7. The van der Waals surface area contributed by atoms with Crippen LogP contribution >= 0.6 is 0 Å².